The third kappa shape index (κ3) is 33.9. The molecule has 53 heteroatoms. The highest BCUT2D eigenvalue weighted by Crippen LogP contribution is 2.50. The minimum atomic E-state index is -5.20. The van der Waals surface area contributed by atoms with Crippen molar-refractivity contribution >= 4 is 41.4 Å². The van der Waals surface area contributed by atoms with Crippen LogP contribution in [0.5, 0.6) is 0 Å². The van der Waals surface area contributed by atoms with Crippen molar-refractivity contribution in [1.82, 2.24) is 37.2 Å². The highest BCUT2D eigenvalue weighted by molar-refractivity contribution is 5.83. The van der Waals surface area contributed by atoms with Crippen molar-refractivity contribution in [2.75, 3.05) is 238 Å². The van der Waals surface area contributed by atoms with Crippen molar-refractivity contribution in [2.45, 2.75) is 218 Å². The topological polar surface area (TPSA) is 502 Å². The Labute approximate surface area is 748 Å². The van der Waals surface area contributed by atoms with Crippen molar-refractivity contribution in [1.29, 1.82) is 0 Å². The highest BCUT2D eigenvalue weighted by atomic mass is 19.4. The number of ether oxygens (including phenoxy) is 27. The fourth-order valence-corrected chi connectivity index (χ4v) is 15.3. The number of carbonyl (C=O) groups is 7. The zero-order valence-electron chi connectivity index (χ0n) is 74.1. The SMILES string of the molecule is COCCOCC(COC[C@@]12CO[C@@H](O1)[C@H](NC(=O)C(F)(F)F)[C@H]1OC(C)(C)O[C@H]12)OCCNC(=O)CCOCC(COCCC(=O)NCCOCCOCCOCCOC[C@@]12CO[C@@H](O1)[C@H](NC(=O)C(F)(F)F)[C@H]1OC(C)(C)O[C@H]12)(COCCC(=O)NCCOCCOCCOCCOC[C@@]12CO[C@@H](O1)[C@H](NC(=O)C(F)(F)F)[C@H]1OC(C)(C)O[C@H]12)NC(=O)CCCCN=[N+]=[N-]. The van der Waals surface area contributed by atoms with Crippen molar-refractivity contribution in [3.05, 3.63) is 10.4 Å². The summed E-state index contributed by atoms with van der Waals surface area (Å²) in [7, 11) is 1.49. The van der Waals surface area contributed by atoms with Gasteiger partial charge in [0, 0.05) is 63.9 Å². The number of methoxy groups -OCH3 is 1. The maximum absolute atomic E-state index is 13.8. The number of amides is 7. The molecule has 16 atom stereocenters. The van der Waals surface area contributed by atoms with Crippen LogP contribution in [0.2, 0.25) is 0 Å². The predicted octanol–water partition coefficient (Wildman–Crippen LogP) is 0.166. The maximum Gasteiger partial charge on any atom is 0.471 e. The van der Waals surface area contributed by atoms with Crippen LogP contribution in [-0.2, 0) is 161 Å². The van der Waals surface area contributed by atoms with Crippen LogP contribution in [0.25, 0.3) is 10.4 Å². The van der Waals surface area contributed by atoms with E-state index in [9.17, 15) is 73.1 Å². The minimum Gasteiger partial charge on any atom is -0.382 e. The molecule has 752 valence electrons. The Morgan fingerprint density at radius 1 is 0.389 bits per heavy atom. The monoisotopic (exact) mass is 1910 g/mol. The van der Waals surface area contributed by atoms with Crippen molar-refractivity contribution in [3.8, 4) is 0 Å². The normalized spacial score (nSPS) is 27.9. The van der Waals surface area contributed by atoms with Crippen LogP contribution in [0, 0.1) is 0 Å². The molecule has 9 rings (SSSR count). The number of carbonyl (C=O) groups excluding carboxylic acids is 7. The van der Waals surface area contributed by atoms with Crippen LogP contribution in [0.15, 0.2) is 5.11 Å². The molecule has 0 aliphatic carbocycles. The Bertz CT molecular complexity index is 3480. The molecule has 0 aromatic heterocycles. The predicted molar refractivity (Wildman–Crippen MR) is 420 cm³/mol. The van der Waals surface area contributed by atoms with E-state index >= 15 is 0 Å². The summed E-state index contributed by atoms with van der Waals surface area (Å²) < 4.78 is 277. The lowest BCUT2D eigenvalue weighted by Crippen LogP contribution is -2.66. The third-order valence-corrected chi connectivity index (χ3v) is 21.2. The second kappa shape index (κ2) is 51.3. The third-order valence-electron chi connectivity index (χ3n) is 21.2. The van der Waals surface area contributed by atoms with Crippen LogP contribution < -0.4 is 37.2 Å². The van der Waals surface area contributed by atoms with E-state index < -0.39 is 179 Å². The van der Waals surface area contributed by atoms with Gasteiger partial charge in [0.1, 0.15) is 83.2 Å². The number of hydrogen-bond acceptors (Lipinski definition) is 35. The highest BCUT2D eigenvalue weighted by Gasteiger charge is 2.70. The van der Waals surface area contributed by atoms with Gasteiger partial charge in [0.05, 0.1) is 205 Å². The van der Waals surface area contributed by atoms with Crippen LogP contribution in [-0.4, -0.2) is 417 Å². The van der Waals surface area contributed by atoms with Gasteiger partial charge in [-0.1, -0.05) is 5.11 Å². The van der Waals surface area contributed by atoms with Crippen molar-refractivity contribution in [3.63, 3.8) is 0 Å². The zero-order chi connectivity index (χ0) is 95.0. The molecule has 7 amide bonds. The number of fused-ring (bicyclic) bond motifs is 12. The molecule has 9 fully saturated rings. The Balaban J connectivity index is 0.679. The standard InChI is InChI=1S/C78H123F9N10O34/c1-69(2)123-57-54(93-66(102)76(79,80)81)63-120-46-73(129-63,60(57)126-69)43-116-36-34-110-32-30-108-28-26-106-21-15-89-50(98)11-18-113-40-72(96-53(101)10-8-9-14-92-97-88,41-114-19-12-51(99)90-16-22-107-27-29-109-31-33-111-35-37-117-44-74-47-121-64(130-74)55(94-67(103)77(82,83)84)58-61(74)127-70(3,4)124-58)42-115-20-13-52(100)91-17-23-119-49(38-112-25-24-105-7)39-118-45-75-48-122-65(131-75)56(95-68(104)78(85,86)87)59-62(75)128-71(5,6)125-59/h49,54-65H,8-48H2,1-7H3,(H,89,98)(H,90,99)(H,91,100)(H,93,102)(H,94,103)(H,95,104)(H,96,101)/t49?,54-,55-,56-,57-,58-,59-,60-,61-,62-,63+,64+,65+,73+,74+,75+/m1/s1. The number of alkyl halides is 9. The fourth-order valence-electron chi connectivity index (χ4n) is 15.3. The summed E-state index contributed by atoms with van der Waals surface area (Å²) in [5, 5.41) is 20.5. The summed E-state index contributed by atoms with van der Waals surface area (Å²) in [5.74, 6) is -12.0. The first kappa shape index (κ1) is 109. The minimum absolute atomic E-state index is 0.000357. The van der Waals surface area contributed by atoms with Crippen LogP contribution in [0.4, 0.5) is 39.5 Å². The van der Waals surface area contributed by atoms with Gasteiger partial charge < -0.3 is 165 Å². The summed E-state index contributed by atoms with van der Waals surface area (Å²) in [6.07, 6.45) is -26.0. The number of halogens is 9. The Hall–Kier alpha value is -6.11. The summed E-state index contributed by atoms with van der Waals surface area (Å²) in [6, 6.07) is -3.98. The molecular weight excluding hydrogens is 1790 g/mol. The van der Waals surface area contributed by atoms with Gasteiger partial charge in [-0.25, -0.2) is 0 Å². The van der Waals surface area contributed by atoms with E-state index in [1.807, 2.05) is 16.0 Å². The summed E-state index contributed by atoms with van der Waals surface area (Å²) in [6.45, 7) is 10.1. The van der Waals surface area contributed by atoms with Crippen LogP contribution in [0.3, 0.4) is 0 Å². The van der Waals surface area contributed by atoms with E-state index in [0.717, 1.165) is 0 Å². The first-order valence-corrected chi connectivity index (χ1v) is 43.1. The zero-order valence-corrected chi connectivity index (χ0v) is 74.1. The summed E-state index contributed by atoms with van der Waals surface area (Å²) in [4.78, 5) is 91.7. The lowest BCUT2D eigenvalue weighted by Gasteiger charge is -2.42. The van der Waals surface area contributed by atoms with Gasteiger partial charge >= 0.3 is 36.3 Å². The molecule has 44 nitrogen and oxygen atoms in total. The van der Waals surface area contributed by atoms with E-state index in [1.54, 1.807) is 41.5 Å². The van der Waals surface area contributed by atoms with E-state index in [0.29, 0.717) is 12.8 Å². The fraction of sp³-hybridized carbons (Fsp3) is 0.910. The van der Waals surface area contributed by atoms with Gasteiger partial charge in [-0.3, -0.25) is 33.6 Å². The van der Waals surface area contributed by atoms with E-state index in [2.05, 4.69) is 31.3 Å². The molecule has 0 aromatic carbocycles. The van der Waals surface area contributed by atoms with Crippen molar-refractivity contribution in [2.24, 2.45) is 5.11 Å². The molecule has 131 heavy (non-hydrogen) atoms. The second-order valence-electron chi connectivity index (χ2n) is 33.2. The number of unbranched alkanes of at least 4 members (excludes halogenated alkanes) is 1. The lowest BCUT2D eigenvalue weighted by atomic mass is 9.88. The smallest absolute Gasteiger partial charge is 0.382 e. The van der Waals surface area contributed by atoms with Gasteiger partial charge in [-0.2, -0.15) is 39.5 Å². The molecule has 9 aliphatic rings. The average Bonchev–Trinajstić information content (AvgIpc) is 1.58. The van der Waals surface area contributed by atoms with Crippen LogP contribution in [0.1, 0.15) is 80.1 Å². The quantitative estimate of drug-likeness (QED) is 0.0140. The number of hydrogen-bond donors (Lipinski definition) is 7. The molecule has 0 radical (unpaired) electrons. The largest absolute Gasteiger partial charge is 0.471 e. The van der Waals surface area contributed by atoms with Gasteiger partial charge in [-0.05, 0) is 59.9 Å². The van der Waals surface area contributed by atoms with Gasteiger partial charge in [0.15, 0.2) is 36.2 Å². The van der Waals surface area contributed by atoms with Crippen LogP contribution >= 0.6 is 0 Å². The molecule has 0 spiro atoms. The number of nitrogens with one attached hydrogen (secondary N) is 7. The molecule has 0 aromatic rings. The molecule has 6 bridgehead atoms. The average molecular weight is 1920 g/mol. The van der Waals surface area contributed by atoms with Crippen molar-refractivity contribution < 1.29 is 201 Å². The Morgan fingerprint density at radius 3 is 1.07 bits per heavy atom. The first-order chi connectivity index (χ1) is 62.2. The second-order valence-corrected chi connectivity index (χ2v) is 33.2. The molecule has 9 saturated heterocycles. The number of nitrogens with zero attached hydrogens (tertiary/aromatic N) is 3. The molecule has 7 N–H and O–H groups in total. The van der Waals surface area contributed by atoms with Gasteiger partial charge in [0.2, 0.25) is 23.6 Å². The number of rotatable bonds is 65. The molecule has 0 saturated carbocycles. The first-order valence-electron chi connectivity index (χ1n) is 43.1. The lowest BCUT2D eigenvalue weighted by molar-refractivity contribution is -0.220. The molecule has 1 unspecified atom stereocenters. The Kier molecular flexibility index (Phi) is 42.5. The van der Waals surface area contributed by atoms with E-state index in [1.165, 1.54) is 7.11 Å². The number of azide groups is 1. The molecule has 9 heterocycles. The molecular formula is C78H123F9N10O34. The molecule has 9 aliphatic heterocycles. The summed E-state index contributed by atoms with van der Waals surface area (Å²) in [5.41, 5.74) is 3.50. The Morgan fingerprint density at radius 2 is 0.718 bits per heavy atom. The maximum atomic E-state index is 13.8. The van der Waals surface area contributed by atoms with E-state index in [4.69, 9.17) is 133 Å². The van der Waals surface area contributed by atoms with Gasteiger partial charge in [0.25, 0.3) is 0 Å². The van der Waals surface area contributed by atoms with E-state index in [-0.39, 0.29) is 257 Å². The van der Waals surface area contributed by atoms with Gasteiger partial charge in [-0.15, -0.1) is 0 Å². The summed E-state index contributed by atoms with van der Waals surface area (Å²) >= 11 is 0.